The number of nitrogens with zero attached hydrogens (tertiary/aromatic N) is 1. The van der Waals surface area contributed by atoms with Crippen LogP contribution in [0.1, 0.15) is 12.5 Å². The Morgan fingerprint density at radius 1 is 1.53 bits per heavy atom. The minimum atomic E-state index is -0.206. The quantitative estimate of drug-likeness (QED) is 0.914. The first-order chi connectivity index (χ1) is 7.04. The van der Waals surface area contributed by atoms with Crippen LogP contribution in [0.3, 0.4) is 0 Å². The summed E-state index contributed by atoms with van der Waals surface area (Å²) >= 11 is 3.41. The van der Waals surface area contributed by atoms with Gasteiger partial charge < -0.3 is 5.73 Å². The van der Waals surface area contributed by atoms with Gasteiger partial charge in [0.2, 0.25) is 0 Å². The molecule has 0 aromatic heterocycles. The lowest BCUT2D eigenvalue weighted by Gasteiger charge is -2.23. The monoisotopic (exact) mass is 274 g/mol. The summed E-state index contributed by atoms with van der Waals surface area (Å²) in [5.41, 5.74) is 6.51. The highest BCUT2D eigenvalue weighted by Gasteiger charge is 2.10. The molecule has 1 aromatic rings. The van der Waals surface area contributed by atoms with Crippen molar-refractivity contribution in [2.75, 3.05) is 13.6 Å². The van der Waals surface area contributed by atoms with Crippen LogP contribution in [0.15, 0.2) is 22.7 Å². The van der Waals surface area contributed by atoms with Crippen molar-refractivity contribution in [2.45, 2.75) is 19.5 Å². The maximum Gasteiger partial charge on any atom is 0.123 e. The van der Waals surface area contributed by atoms with Crippen molar-refractivity contribution in [1.29, 1.82) is 0 Å². The zero-order valence-electron chi connectivity index (χ0n) is 9.00. The van der Waals surface area contributed by atoms with Gasteiger partial charge in [-0.05, 0) is 37.7 Å². The number of nitrogens with two attached hydrogens (primary N) is 1. The van der Waals surface area contributed by atoms with E-state index in [9.17, 15) is 4.39 Å². The predicted octanol–water partition coefficient (Wildman–Crippen LogP) is 2.37. The van der Waals surface area contributed by atoms with E-state index in [-0.39, 0.29) is 5.82 Å². The van der Waals surface area contributed by atoms with Gasteiger partial charge in [-0.25, -0.2) is 4.39 Å². The molecule has 0 amide bonds. The third kappa shape index (κ3) is 3.55. The van der Waals surface area contributed by atoms with Crippen LogP contribution in [0.25, 0.3) is 0 Å². The molecule has 2 nitrogen and oxygen atoms in total. The molecule has 1 rings (SSSR count). The zero-order chi connectivity index (χ0) is 11.4. The second-order valence-electron chi connectivity index (χ2n) is 3.74. The Hall–Kier alpha value is -0.450. The van der Waals surface area contributed by atoms with Gasteiger partial charge >= 0.3 is 0 Å². The van der Waals surface area contributed by atoms with Gasteiger partial charge in [-0.3, -0.25) is 4.90 Å². The molecular weight excluding hydrogens is 259 g/mol. The Bertz CT molecular complexity index is 330. The molecule has 1 atom stereocenters. The van der Waals surface area contributed by atoms with E-state index in [1.165, 1.54) is 6.07 Å². The average Bonchev–Trinajstić information content (AvgIpc) is 2.22. The Balaban J connectivity index is 2.75. The normalized spacial score (nSPS) is 13.2. The molecule has 1 aromatic carbocycles. The summed E-state index contributed by atoms with van der Waals surface area (Å²) in [5, 5.41) is 0. The largest absolute Gasteiger partial charge is 0.329 e. The summed E-state index contributed by atoms with van der Waals surface area (Å²) in [6.45, 7) is 3.34. The smallest absolute Gasteiger partial charge is 0.123 e. The molecule has 84 valence electrons. The number of likely N-dealkylation sites (N-methyl/N-ethyl adjacent to an activating group) is 1. The summed E-state index contributed by atoms with van der Waals surface area (Å²) in [7, 11) is 1.98. The van der Waals surface area contributed by atoms with Crippen LogP contribution in [0.4, 0.5) is 4.39 Å². The highest BCUT2D eigenvalue weighted by atomic mass is 79.9. The molecule has 0 aliphatic carbocycles. The van der Waals surface area contributed by atoms with E-state index in [1.807, 2.05) is 14.0 Å². The van der Waals surface area contributed by atoms with Crippen molar-refractivity contribution >= 4 is 15.9 Å². The number of rotatable bonds is 4. The third-order valence-corrected chi connectivity index (χ3v) is 3.29. The number of halogens is 2. The summed E-state index contributed by atoms with van der Waals surface area (Å²) in [6, 6.07) is 5.01. The lowest BCUT2D eigenvalue weighted by molar-refractivity contribution is 0.254. The van der Waals surface area contributed by atoms with Crippen LogP contribution in [0.5, 0.6) is 0 Å². The van der Waals surface area contributed by atoms with E-state index in [2.05, 4.69) is 20.8 Å². The molecule has 0 saturated carbocycles. The highest BCUT2D eigenvalue weighted by Crippen LogP contribution is 2.19. The van der Waals surface area contributed by atoms with Crippen molar-refractivity contribution in [2.24, 2.45) is 5.73 Å². The van der Waals surface area contributed by atoms with Crippen molar-refractivity contribution in [1.82, 2.24) is 4.90 Å². The molecule has 0 spiro atoms. The van der Waals surface area contributed by atoms with Gasteiger partial charge in [-0.15, -0.1) is 0 Å². The molecule has 0 fully saturated rings. The van der Waals surface area contributed by atoms with Crippen molar-refractivity contribution in [3.05, 3.63) is 34.1 Å². The summed E-state index contributed by atoms with van der Waals surface area (Å²) in [6.07, 6.45) is 0. The van der Waals surface area contributed by atoms with Crippen LogP contribution < -0.4 is 5.73 Å². The van der Waals surface area contributed by atoms with Gasteiger partial charge in [0.1, 0.15) is 5.82 Å². The molecule has 0 saturated heterocycles. The van der Waals surface area contributed by atoms with Crippen LogP contribution in [-0.4, -0.2) is 24.5 Å². The Kier molecular flexibility index (Phi) is 4.70. The summed E-state index contributed by atoms with van der Waals surface area (Å²) < 4.78 is 13.9. The molecule has 1 unspecified atom stereocenters. The van der Waals surface area contributed by atoms with E-state index in [0.29, 0.717) is 19.1 Å². The number of hydrogen-bond donors (Lipinski definition) is 1. The fraction of sp³-hybridized carbons (Fsp3) is 0.455. The van der Waals surface area contributed by atoms with E-state index >= 15 is 0 Å². The topological polar surface area (TPSA) is 29.3 Å². The van der Waals surface area contributed by atoms with Gasteiger partial charge in [-0.1, -0.05) is 15.9 Å². The molecular formula is C11H16BrFN2. The molecule has 0 heterocycles. The standard InChI is InChI=1S/C11H16BrFN2/c1-8(6-14)15(2)7-9-5-10(13)3-4-11(9)12/h3-5,8H,6-7,14H2,1-2H3. The predicted molar refractivity (Wildman–Crippen MR) is 64.1 cm³/mol. The molecule has 15 heavy (non-hydrogen) atoms. The van der Waals surface area contributed by atoms with Crippen molar-refractivity contribution in [3.8, 4) is 0 Å². The first kappa shape index (κ1) is 12.6. The van der Waals surface area contributed by atoms with E-state index in [0.717, 1.165) is 10.0 Å². The van der Waals surface area contributed by atoms with Crippen LogP contribution in [-0.2, 0) is 6.54 Å². The van der Waals surface area contributed by atoms with Gasteiger partial charge in [0, 0.05) is 23.6 Å². The fourth-order valence-corrected chi connectivity index (χ4v) is 1.64. The van der Waals surface area contributed by atoms with Crippen LogP contribution >= 0.6 is 15.9 Å². The SMILES string of the molecule is CC(CN)N(C)Cc1cc(F)ccc1Br. The average molecular weight is 275 g/mol. The first-order valence-electron chi connectivity index (χ1n) is 4.89. The van der Waals surface area contributed by atoms with E-state index < -0.39 is 0 Å². The summed E-state index contributed by atoms with van der Waals surface area (Å²) in [4.78, 5) is 2.10. The Morgan fingerprint density at radius 3 is 2.80 bits per heavy atom. The Morgan fingerprint density at radius 2 is 2.20 bits per heavy atom. The van der Waals surface area contributed by atoms with Crippen molar-refractivity contribution in [3.63, 3.8) is 0 Å². The van der Waals surface area contributed by atoms with E-state index in [1.54, 1.807) is 12.1 Å². The van der Waals surface area contributed by atoms with Gasteiger partial charge in [0.05, 0.1) is 0 Å². The van der Waals surface area contributed by atoms with Crippen LogP contribution in [0.2, 0.25) is 0 Å². The zero-order valence-corrected chi connectivity index (χ0v) is 10.6. The molecule has 0 radical (unpaired) electrons. The van der Waals surface area contributed by atoms with Crippen molar-refractivity contribution < 1.29 is 4.39 Å². The molecule has 0 bridgehead atoms. The lowest BCUT2D eigenvalue weighted by Crippen LogP contribution is -2.34. The van der Waals surface area contributed by atoms with Gasteiger partial charge in [0.15, 0.2) is 0 Å². The third-order valence-electron chi connectivity index (χ3n) is 2.52. The molecule has 0 aliphatic heterocycles. The maximum absolute atomic E-state index is 13.0. The lowest BCUT2D eigenvalue weighted by atomic mass is 10.2. The number of hydrogen-bond acceptors (Lipinski definition) is 2. The Labute approximate surface area is 98.4 Å². The maximum atomic E-state index is 13.0. The molecule has 4 heteroatoms. The summed E-state index contributed by atoms with van der Waals surface area (Å²) in [5.74, 6) is -0.206. The molecule has 0 aliphatic rings. The second-order valence-corrected chi connectivity index (χ2v) is 4.59. The molecule has 2 N–H and O–H groups in total. The first-order valence-corrected chi connectivity index (χ1v) is 5.68. The highest BCUT2D eigenvalue weighted by molar-refractivity contribution is 9.10. The second kappa shape index (κ2) is 5.58. The van der Waals surface area contributed by atoms with Gasteiger partial charge in [0.25, 0.3) is 0 Å². The van der Waals surface area contributed by atoms with Crippen LogP contribution in [0, 0.1) is 5.82 Å². The minimum absolute atomic E-state index is 0.206. The fourth-order valence-electron chi connectivity index (χ4n) is 1.27. The minimum Gasteiger partial charge on any atom is -0.329 e. The van der Waals surface area contributed by atoms with E-state index in [4.69, 9.17) is 5.73 Å². The number of benzene rings is 1. The van der Waals surface area contributed by atoms with Gasteiger partial charge in [-0.2, -0.15) is 0 Å².